The van der Waals surface area contributed by atoms with Crippen LogP contribution in [0.1, 0.15) is 48.5 Å². The van der Waals surface area contributed by atoms with Crippen molar-refractivity contribution in [3.05, 3.63) is 36.6 Å². The maximum Gasteiger partial charge on any atom is 0.276 e. The number of rotatable bonds is 3. The number of carbonyl (C=O) groups is 1. The van der Waals surface area contributed by atoms with Gasteiger partial charge < -0.3 is 13.9 Å². The van der Waals surface area contributed by atoms with E-state index in [1.165, 1.54) is 12.7 Å². The van der Waals surface area contributed by atoms with Gasteiger partial charge in [0.2, 0.25) is 0 Å². The van der Waals surface area contributed by atoms with Crippen LogP contribution in [0.5, 0.6) is 0 Å². The fraction of sp³-hybridized carbons (Fsp3) is 0.500. The van der Waals surface area contributed by atoms with Gasteiger partial charge in [-0.25, -0.2) is 9.97 Å². The molecule has 0 bridgehead atoms. The second kappa shape index (κ2) is 5.48. The van der Waals surface area contributed by atoms with Crippen LogP contribution < -0.4 is 0 Å². The summed E-state index contributed by atoms with van der Waals surface area (Å²) in [4.78, 5) is 22.9. The fourth-order valence-corrected chi connectivity index (χ4v) is 2.78. The number of fused-ring (bicyclic) bond motifs is 1. The zero-order chi connectivity index (χ0) is 13.9. The van der Waals surface area contributed by atoms with Crippen LogP contribution in [0.2, 0.25) is 0 Å². The van der Waals surface area contributed by atoms with Gasteiger partial charge in [-0.05, 0) is 12.8 Å². The van der Waals surface area contributed by atoms with Crippen LogP contribution in [-0.4, -0.2) is 31.9 Å². The summed E-state index contributed by atoms with van der Waals surface area (Å²) in [5.74, 6) is 0.898. The molecule has 3 heterocycles. The predicted octanol–water partition coefficient (Wildman–Crippen LogP) is 2.26. The molecular weight excluding hydrogens is 256 g/mol. The van der Waals surface area contributed by atoms with Gasteiger partial charge in [-0.3, -0.25) is 4.79 Å². The van der Waals surface area contributed by atoms with Gasteiger partial charge in [-0.15, -0.1) is 0 Å². The lowest BCUT2D eigenvalue weighted by Crippen LogP contribution is -2.35. The average Bonchev–Trinajstić information content (AvgIpc) is 3.10. The molecule has 0 aromatic carbocycles. The minimum absolute atomic E-state index is 0.0155. The number of carbonyl (C=O) groups excluding carboxylic acids is 1. The Morgan fingerprint density at radius 3 is 3.10 bits per heavy atom. The quantitative estimate of drug-likeness (QED) is 0.861. The Morgan fingerprint density at radius 1 is 1.45 bits per heavy atom. The first kappa shape index (κ1) is 12.9. The van der Waals surface area contributed by atoms with Gasteiger partial charge >= 0.3 is 0 Å². The van der Waals surface area contributed by atoms with E-state index in [9.17, 15) is 4.79 Å². The lowest BCUT2D eigenvalue weighted by Gasteiger charge is -2.28. The van der Waals surface area contributed by atoms with Crippen molar-refractivity contribution >= 4 is 5.91 Å². The summed E-state index contributed by atoms with van der Waals surface area (Å²) >= 11 is 0. The Hall–Kier alpha value is -2.11. The smallest absolute Gasteiger partial charge is 0.276 e. The third-order valence-corrected chi connectivity index (χ3v) is 3.69. The molecule has 6 heteroatoms. The number of nitrogens with zero attached hydrogens (tertiary/aromatic N) is 4. The minimum atomic E-state index is -0.0753. The highest BCUT2D eigenvalue weighted by molar-refractivity contribution is 5.92. The van der Waals surface area contributed by atoms with Crippen molar-refractivity contribution < 1.29 is 9.21 Å². The van der Waals surface area contributed by atoms with E-state index in [1.807, 2.05) is 17.3 Å². The molecule has 0 N–H and O–H groups in total. The van der Waals surface area contributed by atoms with E-state index in [0.29, 0.717) is 5.69 Å². The summed E-state index contributed by atoms with van der Waals surface area (Å²) < 4.78 is 7.08. The van der Waals surface area contributed by atoms with Gasteiger partial charge in [0, 0.05) is 25.5 Å². The van der Waals surface area contributed by atoms with Crippen LogP contribution in [0.4, 0.5) is 0 Å². The maximum atomic E-state index is 12.6. The molecule has 1 unspecified atom stereocenters. The standard InChI is InChI=1S/C14H18N4O2/c1-2-4-12-13-15-5-8-17(13)6-3-7-18(12)14(19)11-9-20-10-16-11/h5,8-10,12H,2-4,6-7H2,1H3. The molecule has 20 heavy (non-hydrogen) atoms. The normalized spacial score (nSPS) is 18.6. The fourth-order valence-electron chi connectivity index (χ4n) is 2.78. The Kier molecular flexibility index (Phi) is 3.54. The molecule has 0 saturated heterocycles. The Balaban J connectivity index is 1.94. The van der Waals surface area contributed by atoms with E-state index in [-0.39, 0.29) is 11.9 Å². The van der Waals surface area contributed by atoms with Gasteiger partial charge in [0.25, 0.3) is 5.91 Å². The third kappa shape index (κ3) is 2.21. The number of oxazole rings is 1. The highest BCUT2D eigenvalue weighted by Gasteiger charge is 2.31. The van der Waals surface area contributed by atoms with Crippen molar-refractivity contribution in [1.82, 2.24) is 19.4 Å². The first-order valence-electron chi connectivity index (χ1n) is 7.01. The number of amides is 1. The molecule has 1 aliphatic heterocycles. The largest absolute Gasteiger partial charge is 0.451 e. The molecule has 0 fully saturated rings. The SMILES string of the molecule is CCCC1c2nccn2CCCN1C(=O)c1cocn1. The number of hydrogen-bond acceptors (Lipinski definition) is 4. The second-order valence-electron chi connectivity index (χ2n) is 5.01. The van der Waals surface area contributed by atoms with E-state index >= 15 is 0 Å². The Labute approximate surface area is 117 Å². The van der Waals surface area contributed by atoms with E-state index in [4.69, 9.17) is 4.42 Å². The van der Waals surface area contributed by atoms with Gasteiger partial charge in [-0.1, -0.05) is 13.3 Å². The Bertz CT molecular complexity index is 576. The lowest BCUT2D eigenvalue weighted by atomic mass is 10.1. The first-order chi connectivity index (χ1) is 9.81. The lowest BCUT2D eigenvalue weighted by molar-refractivity contribution is 0.0659. The van der Waals surface area contributed by atoms with Crippen molar-refractivity contribution in [3.8, 4) is 0 Å². The van der Waals surface area contributed by atoms with Gasteiger partial charge in [0.1, 0.15) is 12.1 Å². The molecule has 0 saturated carbocycles. The Morgan fingerprint density at radius 2 is 2.35 bits per heavy atom. The highest BCUT2D eigenvalue weighted by atomic mass is 16.3. The zero-order valence-electron chi connectivity index (χ0n) is 11.5. The molecule has 1 aliphatic rings. The van der Waals surface area contributed by atoms with Crippen LogP contribution in [0.15, 0.2) is 29.5 Å². The van der Waals surface area contributed by atoms with E-state index in [0.717, 1.165) is 38.2 Å². The molecular formula is C14H18N4O2. The van der Waals surface area contributed by atoms with E-state index in [1.54, 1.807) is 0 Å². The molecule has 6 nitrogen and oxygen atoms in total. The van der Waals surface area contributed by atoms with Crippen molar-refractivity contribution in [2.45, 2.75) is 38.8 Å². The van der Waals surface area contributed by atoms with Gasteiger partial charge in [0.05, 0.1) is 6.04 Å². The van der Waals surface area contributed by atoms with Crippen LogP contribution in [0, 0.1) is 0 Å². The summed E-state index contributed by atoms with van der Waals surface area (Å²) in [7, 11) is 0. The first-order valence-corrected chi connectivity index (χ1v) is 7.01. The molecule has 106 valence electrons. The van der Waals surface area contributed by atoms with E-state index < -0.39 is 0 Å². The molecule has 0 aliphatic carbocycles. The molecule has 3 rings (SSSR count). The molecule has 2 aromatic heterocycles. The molecule has 2 aromatic rings. The average molecular weight is 274 g/mol. The monoisotopic (exact) mass is 274 g/mol. The van der Waals surface area contributed by atoms with Crippen molar-refractivity contribution in [1.29, 1.82) is 0 Å². The van der Waals surface area contributed by atoms with Gasteiger partial charge in [0.15, 0.2) is 12.1 Å². The van der Waals surface area contributed by atoms with E-state index in [2.05, 4.69) is 21.5 Å². The summed E-state index contributed by atoms with van der Waals surface area (Å²) in [5.41, 5.74) is 0.367. The molecule has 1 amide bonds. The number of imidazole rings is 1. The minimum Gasteiger partial charge on any atom is -0.451 e. The molecule has 0 radical (unpaired) electrons. The second-order valence-corrected chi connectivity index (χ2v) is 5.01. The number of hydrogen-bond donors (Lipinski definition) is 0. The topological polar surface area (TPSA) is 64.2 Å². The highest BCUT2D eigenvalue weighted by Crippen LogP contribution is 2.28. The van der Waals surface area contributed by atoms with Gasteiger partial charge in [-0.2, -0.15) is 0 Å². The summed E-state index contributed by atoms with van der Waals surface area (Å²) in [6, 6.07) is 0.0155. The summed E-state index contributed by atoms with van der Waals surface area (Å²) in [6.45, 7) is 3.74. The van der Waals surface area contributed by atoms with Crippen LogP contribution in [0.25, 0.3) is 0 Å². The summed E-state index contributed by atoms with van der Waals surface area (Å²) in [6.07, 6.45) is 9.32. The van der Waals surface area contributed by atoms with Crippen LogP contribution >= 0.6 is 0 Å². The van der Waals surface area contributed by atoms with Crippen LogP contribution in [-0.2, 0) is 6.54 Å². The molecule has 0 spiro atoms. The predicted molar refractivity (Wildman–Crippen MR) is 72.0 cm³/mol. The third-order valence-electron chi connectivity index (χ3n) is 3.69. The van der Waals surface area contributed by atoms with Crippen molar-refractivity contribution in [2.75, 3.05) is 6.54 Å². The number of aromatic nitrogens is 3. The maximum absolute atomic E-state index is 12.6. The van der Waals surface area contributed by atoms with Crippen molar-refractivity contribution in [2.24, 2.45) is 0 Å². The van der Waals surface area contributed by atoms with Crippen molar-refractivity contribution in [3.63, 3.8) is 0 Å². The summed E-state index contributed by atoms with van der Waals surface area (Å²) in [5, 5.41) is 0. The molecule has 1 atom stereocenters. The number of aryl methyl sites for hydroxylation is 1. The zero-order valence-corrected chi connectivity index (χ0v) is 11.5. The van der Waals surface area contributed by atoms with Crippen LogP contribution in [0.3, 0.4) is 0 Å².